The third-order valence-electron chi connectivity index (χ3n) is 5.20. The molecular formula is C21H28BrFN6O4. The number of guanidine groups is 1. The van der Waals surface area contributed by atoms with Gasteiger partial charge in [0.15, 0.2) is 11.7 Å². The van der Waals surface area contributed by atoms with Crippen LogP contribution in [0.1, 0.15) is 36.0 Å². The lowest BCUT2D eigenvalue weighted by Gasteiger charge is -2.26. The van der Waals surface area contributed by atoms with Crippen molar-refractivity contribution in [3.63, 3.8) is 0 Å². The molecule has 0 spiro atoms. The van der Waals surface area contributed by atoms with Gasteiger partial charge in [0.1, 0.15) is 12.7 Å². The van der Waals surface area contributed by atoms with Crippen molar-refractivity contribution < 1.29 is 23.6 Å². The fraction of sp³-hybridized carbons (Fsp3) is 0.476. The number of Topliss-reactive ketones (excluding diaryl/α,β-unsaturated/α-hetero) is 1. The van der Waals surface area contributed by atoms with Crippen LogP contribution in [0.4, 0.5) is 4.39 Å². The van der Waals surface area contributed by atoms with Crippen LogP contribution < -0.4 is 21.7 Å². The molecule has 6 N–H and O–H groups in total. The first-order valence-corrected chi connectivity index (χ1v) is 11.3. The number of alkyl halides is 1. The zero-order valence-electron chi connectivity index (χ0n) is 18.0. The predicted octanol–water partition coefficient (Wildman–Crippen LogP) is 0.457. The van der Waals surface area contributed by atoms with E-state index in [2.05, 4.69) is 31.9 Å². The van der Waals surface area contributed by atoms with Crippen LogP contribution in [-0.2, 0) is 14.4 Å². The molecule has 2 rings (SSSR count). The minimum Gasteiger partial charge on any atom is -0.370 e. The largest absolute Gasteiger partial charge is 0.370 e. The number of likely N-dealkylation sites (tertiary alicyclic amines) is 1. The van der Waals surface area contributed by atoms with Crippen molar-refractivity contribution in [3.8, 4) is 0 Å². The van der Waals surface area contributed by atoms with E-state index in [-0.39, 0.29) is 18.9 Å². The van der Waals surface area contributed by atoms with Crippen LogP contribution in [0.25, 0.3) is 0 Å². The van der Waals surface area contributed by atoms with Crippen LogP contribution in [0.2, 0.25) is 0 Å². The van der Waals surface area contributed by atoms with E-state index < -0.39 is 42.3 Å². The third kappa shape index (κ3) is 8.12. The first-order chi connectivity index (χ1) is 15.7. The van der Waals surface area contributed by atoms with Crippen molar-refractivity contribution in [2.24, 2.45) is 5.73 Å². The van der Waals surface area contributed by atoms with Crippen molar-refractivity contribution in [1.29, 1.82) is 5.41 Å². The number of benzene rings is 1. The van der Waals surface area contributed by atoms with Crippen molar-refractivity contribution in [2.45, 2.75) is 37.8 Å². The maximum Gasteiger partial charge on any atom is 0.251 e. The van der Waals surface area contributed by atoms with E-state index in [1.54, 1.807) is 24.3 Å². The number of carbonyl (C=O) groups excluding carboxylic acids is 4. The summed E-state index contributed by atoms with van der Waals surface area (Å²) in [5, 5.41) is 14.8. The first kappa shape index (κ1) is 26.2. The SMILES string of the molecule is N=C(N)NCCC[C@@H](NC(=O)[C@@H]1CCCN1C(=O)CNC(=O)c1ccc(Br)cc1)C(=O)CF. The van der Waals surface area contributed by atoms with Crippen molar-refractivity contribution in [1.82, 2.24) is 20.9 Å². The number of halogens is 2. The summed E-state index contributed by atoms with van der Waals surface area (Å²) in [5.74, 6) is -2.35. The fourth-order valence-corrected chi connectivity index (χ4v) is 3.77. The number of amides is 3. The molecule has 0 aliphatic carbocycles. The van der Waals surface area contributed by atoms with E-state index in [4.69, 9.17) is 11.1 Å². The Morgan fingerprint density at radius 3 is 2.55 bits per heavy atom. The average Bonchev–Trinajstić information content (AvgIpc) is 3.29. The summed E-state index contributed by atoms with van der Waals surface area (Å²) in [6, 6.07) is 4.82. The number of ketones is 1. The molecule has 0 bridgehead atoms. The second-order valence-electron chi connectivity index (χ2n) is 7.58. The predicted molar refractivity (Wildman–Crippen MR) is 123 cm³/mol. The summed E-state index contributed by atoms with van der Waals surface area (Å²) in [4.78, 5) is 51.0. The molecular weight excluding hydrogens is 499 g/mol. The van der Waals surface area contributed by atoms with E-state index >= 15 is 0 Å². The molecule has 1 aromatic rings. The number of nitrogens with two attached hydrogens (primary N) is 1. The number of nitrogens with zero attached hydrogens (tertiary/aromatic N) is 1. The second kappa shape index (κ2) is 12.9. The van der Waals surface area contributed by atoms with E-state index in [1.165, 1.54) is 4.90 Å². The minimum absolute atomic E-state index is 0.165. The Labute approximate surface area is 199 Å². The van der Waals surface area contributed by atoms with E-state index in [0.717, 1.165) is 4.47 Å². The molecule has 1 aliphatic heterocycles. The molecule has 10 nitrogen and oxygen atoms in total. The second-order valence-corrected chi connectivity index (χ2v) is 8.49. The van der Waals surface area contributed by atoms with Gasteiger partial charge in [0, 0.05) is 23.1 Å². The topological polar surface area (TPSA) is 157 Å². The Hall–Kier alpha value is -3.02. The summed E-state index contributed by atoms with van der Waals surface area (Å²) >= 11 is 3.29. The van der Waals surface area contributed by atoms with Crippen LogP contribution in [-0.4, -0.2) is 72.8 Å². The van der Waals surface area contributed by atoms with Gasteiger partial charge in [-0.15, -0.1) is 0 Å². The molecule has 12 heteroatoms. The fourth-order valence-electron chi connectivity index (χ4n) is 3.50. The summed E-state index contributed by atoms with van der Waals surface area (Å²) in [6.45, 7) is -0.856. The maximum absolute atomic E-state index is 13.0. The van der Waals surface area contributed by atoms with Crippen LogP contribution in [0.3, 0.4) is 0 Å². The van der Waals surface area contributed by atoms with Gasteiger partial charge >= 0.3 is 0 Å². The zero-order valence-corrected chi connectivity index (χ0v) is 19.6. The lowest BCUT2D eigenvalue weighted by Crippen LogP contribution is -2.52. The lowest BCUT2D eigenvalue weighted by molar-refractivity contribution is -0.138. The summed E-state index contributed by atoms with van der Waals surface area (Å²) in [7, 11) is 0. The molecule has 33 heavy (non-hydrogen) atoms. The highest BCUT2D eigenvalue weighted by Crippen LogP contribution is 2.18. The van der Waals surface area contributed by atoms with Gasteiger partial charge in [-0.3, -0.25) is 24.6 Å². The molecule has 2 atom stereocenters. The molecule has 3 amide bonds. The smallest absolute Gasteiger partial charge is 0.251 e. The highest BCUT2D eigenvalue weighted by molar-refractivity contribution is 9.10. The van der Waals surface area contributed by atoms with Gasteiger partial charge < -0.3 is 26.6 Å². The van der Waals surface area contributed by atoms with Crippen molar-refractivity contribution in [3.05, 3.63) is 34.3 Å². The molecule has 0 radical (unpaired) electrons. The zero-order chi connectivity index (χ0) is 24.4. The Morgan fingerprint density at radius 1 is 1.21 bits per heavy atom. The lowest BCUT2D eigenvalue weighted by atomic mass is 10.1. The molecule has 180 valence electrons. The first-order valence-electron chi connectivity index (χ1n) is 10.5. The third-order valence-corrected chi connectivity index (χ3v) is 5.73. The normalized spacial score (nSPS) is 16.1. The highest BCUT2D eigenvalue weighted by Gasteiger charge is 2.35. The van der Waals surface area contributed by atoms with E-state index in [9.17, 15) is 23.6 Å². The van der Waals surface area contributed by atoms with Crippen LogP contribution in [0.5, 0.6) is 0 Å². The Balaban J connectivity index is 1.91. The van der Waals surface area contributed by atoms with Gasteiger partial charge in [-0.1, -0.05) is 15.9 Å². The Morgan fingerprint density at radius 2 is 1.91 bits per heavy atom. The van der Waals surface area contributed by atoms with Crippen LogP contribution in [0, 0.1) is 5.41 Å². The van der Waals surface area contributed by atoms with Crippen molar-refractivity contribution in [2.75, 3.05) is 26.3 Å². The monoisotopic (exact) mass is 526 g/mol. The molecule has 1 aliphatic rings. The number of rotatable bonds is 11. The van der Waals surface area contributed by atoms with Gasteiger partial charge in [0.2, 0.25) is 11.8 Å². The summed E-state index contributed by atoms with van der Waals surface area (Å²) < 4.78 is 13.8. The van der Waals surface area contributed by atoms with Gasteiger partial charge in [-0.25, -0.2) is 4.39 Å². The number of hydrogen-bond donors (Lipinski definition) is 5. The molecule has 1 aromatic carbocycles. The number of hydrogen-bond acceptors (Lipinski definition) is 5. The summed E-state index contributed by atoms with van der Waals surface area (Å²) in [5.41, 5.74) is 5.59. The molecule has 1 saturated heterocycles. The number of carbonyl (C=O) groups is 4. The van der Waals surface area contributed by atoms with Crippen LogP contribution in [0.15, 0.2) is 28.7 Å². The van der Waals surface area contributed by atoms with Gasteiger partial charge in [-0.2, -0.15) is 0 Å². The molecule has 0 unspecified atom stereocenters. The standard InChI is InChI=1S/C21H28BrFN6O4/c22-14-7-5-13(6-8-14)19(32)27-12-18(31)29-10-2-4-16(29)20(33)28-15(17(30)11-23)3-1-9-26-21(24)25/h5-8,15-16H,1-4,9-12H2,(H,27,32)(H,28,33)(H4,24,25,26)/t15-,16+/m1/s1. The Bertz CT molecular complexity index is 882. The molecule has 0 saturated carbocycles. The van der Waals surface area contributed by atoms with Gasteiger partial charge in [0.25, 0.3) is 5.91 Å². The van der Waals surface area contributed by atoms with Gasteiger partial charge in [0.05, 0.1) is 12.6 Å². The molecule has 0 aromatic heterocycles. The minimum atomic E-state index is -1.22. The van der Waals surface area contributed by atoms with E-state index in [1.807, 2.05) is 0 Å². The van der Waals surface area contributed by atoms with E-state index in [0.29, 0.717) is 37.9 Å². The van der Waals surface area contributed by atoms with Crippen molar-refractivity contribution >= 4 is 45.4 Å². The maximum atomic E-state index is 13.0. The average molecular weight is 527 g/mol. The highest BCUT2D eigenvalue weighted by atomic mass is 79.9. The number of nitrogens with one attached hydrogen (secondary N) is 4. The molecule has 1 heterocycles. The quantitative estimate of drug-likeness (QED) is 0.160. The summed E-state index contributed by atoms with van der Waals surface area (Å²) in [6.07, 6.45) is 1.54. The Kier molecular flexibility index (Phi) is 10.2. The van der Waals surface area contributed by atoms with Gasteiger partial charge in [-0.05, 0) is 49.9 Å². The molecule has 1 fully saturated rings. The van der Waals surface area contributed by atoms with Crippen LogP contribution >= 0.6 is 15.9 Å².